The van der Waals surface area contributed by atoms with Crippen LogP contribution in [0.4, 0.5) is 17.2 Å². The molecule has 0 saturated heterocycles. The van der Waals surface area contributed by atoms with E-state index in [9.17, 15) is 0 Å². The average molecular weight is 834 g/mol. The van der Waals surface area contributed by atoms with Crippen LogP contribution in [0.3, 0.4) is 0 Å². The summed E-state index contributed by atoms with van der Waals surface area (Å²) in [5, 5.41) is 7.23. The van der Waals surface area contributed by atoms with Crippen LogP contribution in [0.25, 0.3) is 94.0 Å². The van der Waals surface area contributed by atoms with E-state index in [0.717, 1.165) is 67.3 Å². The molecule has 0 saturated carbocycles. The maximum Gasteiger partial charge on any atom is 0.164 e. The van der Waals surface area contributed by atoms with E-state index in [4.69, 9.17) is 9.97 Å². The molecule has 0 radical (unpaired) electrons. The summed E-state index contributed by atoms with van der Waals surface area (Å²) in [6.45, 7) is 2.16. The van der Waals surface area contributed by atoms with Crippen LogP contribution in [0.2, 0.25) is 0 Å². The number of aryl methyl sites for hydroxylation is 1. The summed E-state index contributed by atoms with van der Waals surface area (Å²) in [6.07, 6.45) is 3.60. The zero-order chi connectivity index (χ0) is 43.0. The van der Waals surface area contributed by atoms with Crippen LogP contribution in [0.1, 0.15) is 5.56 Å². The Bertz CT molecular complexity index is 3860. The van der Waals surface area contributed by atoms with Gasteiger partial charge in [0, 0.05) is 73.4 Å². The van der Waals surface area contributed by atoms with E-state index in [1.165, 1.54) is 43.6 Å². The van der Waals surface area contributed by atoms with E-state index < -0.39 is 0 Å². The Hall–Kier alpha value is -8.81. The lowest BCUT2D eigenvalue weighted by Crippen LogP contribution is -2.15. The van der Waals surface area contributed by atoms with E-state index in [-0.39, 0.29) is 0 Å². The first-order valence-corrected chi connectivity index (χ1v) is 21.9. The van der Waals surface area contributed by atoms with Gasteiger partial charge in [-0.3, -0.25) is 14.5 Å². The van der Waals surface area contributed by atoms with Crippen molar-refractivity contribution in [2.45, 2.75) is 6.92 Å². The molecular formula is C58H39N7. The molecule has 0 spiro atoms. The summed E-state index contributed by atoms with van der Waals surface area (Å²) in [5.41, 5.74) is 13.0. The second kappa shape index (κ2) is 14.6. The predicted molar refractivity (Wildman–Crippen MR) is 268 cm³/mol. The summed E-state index contributed by atoms with van der Waals surface area (Å²) in [5.74, 6) is 2.11. The molecule has 306 valence electrons. The molecule has 0 N–H and O–H groups in total. The summed E-state index contributed by atoms with van der Waals surface area (Å²) in [6, 6.07) is 73.5. The van der Waals surface area contributed by atoms with Crippen LogP contribution in [0, 0.1) is 6.92 Å². The Labute approximate surface area is 374 Å². The average Bonchev–Trinajstić information content (AvgIpc) is 4.01. The fourth-order valence-corrected chi connectivity index (χ4v) is 9.99. The maximum atomic E-state index is 5.39. The fraction of sp³-hybridized carbons (Fsp3) is 0.0172. The van der Waals surface area contributed by atoms with Gasteiger partial charge >= 0.3 is 0 Å². The van der Waals surface area contributed by atoms with Crippen LogP contribution in [-0.2, 0) is 0 Å². The molecule has 5 heterocycles. The zero-order valence-corrected chi connectivity index (χ0v) is 35.4. The molecule has 13 aromatic rings. The molecular weight excluding hydrogens is 795 g/mol. The van der Waals surface area contributed by atoms with Crippen molar-refractivity contribution in [1.82, 2.24) is 28.7 Å². The fourth-order valence-electron chi connectivity index (χ4n) is 9.99. The summed E-state index contributed by atoms with van der Waals surface area (Å²) in [7, 11) is 0. The highest BCUT2D eigenvalue weighted by Crippen LogP contribution is 2.41. The summed E-state index contributed by atoms with van der Waals surface area (Å²) >= 11 is 0. The van der Waals surface area contributed by atoms with Crippen LogP contribution in [-0.4, -0.2) is 28.7 Å². The van der Waals surface area contributed by atoms with Gasteiger partial charge < -0.3 is 9.13 Å². The number of para-hydroxylation sites is 6. The van der Waals surface area contributed by atoms with E-state index in [1.807, 2.05) is 12.1 Å². The number of hydrogen-bond donors (Lipinski definition) is 0. The molecule has 0 aliphatic heterocycles. The summed E-state index contributed by atoms with van der Waals surface area (Å²) < 4.78 is 7.02. The molecule has 0 amide bonds. The summed E-state index contributed by atoms with van der Waals surface area (Å²) in [4.78, 5) is 17.4. The molecule has 65 heavy (non-hydrogen) atoms. The van der Waals surface area contributed by atoms with E-state index in [2.05, 4.69) is 225 Å². The lowest BCUT2D eigenvalue weighted by atomic mass is 10.1. The van der Waals surface area contributed by atoms with Crippen LogP contribution in [0.5, 0.6) is 0 Å². The second-order valence-electron chi connectivity index (χ2n) is 16.6. The van der Waals surface area contributed by atoms with Gasteiger partial charge in [-0.25, -0.2) is 9.97 Å². The molecule has 0 aliphatic carbocycles. The monoisotopic (exact) mass is 833 g/mol. The van der Waals surface area contributed by atoms with Gasteiger partial charge in [-0.05, 0) is 103 Å². The molecule has 7 heteroatoms. The smallest absolute Gasteiger partial charge is 0.164 e. The molecule has 0 fully saturated rings. The normalized spacial score (nSPS) is 11.8. The van der Waals surface area contributed by atoms with Crippen molar-refractivity contribution in [2.24, 2.45) is 0 Å². The number of nitrogens with zero attached hydrogens (tertiary/aromatic N) is 7. The second-order valence-corrected chi connectivity index (χ2v) is 16.6. The van der Waals surface area contributed by atoms with E-state index >= 15 is 0 Å². The SMILES string of the molecule is Cc1ccccc1N(c1ccc(-n2c3ccccc3c3ccccc32)cc1)c1cc(-n2c3ccccc3c3cc(-n4c5ccccc5c5ccccc54)ccc32)nc(-c2ccncc2)n1. The minimum Gasteiger partial charge on any atom is -0.309 e. The number of hydrogen-bond acceptors (Lipinski definition) is 4. The maximum absolute atomic E-state index is 5.39. The lowest BCUT2D eigenvalue weighted by Gasteiger charge is -2.27. The van der Waals surface area contributed by atoms with E-state index in [0.29, 0.717) is 5.82 Å². The Balaban J connectivity index is 1.02. The largest absolute Gasteiger partial charge is 0.309 e. The Morgan fingerprint density at radius 1 is 0.385 bits per heavy atom. The first kappa shape index (κ1) is 36.8. The van der Waals surface area contributed by atoms with E-state index in [1.54, 1.807) is 12.4 Å². The zero-order valence-electron chi connectivity index (χ0n) is 35.4. The van der Waals surface area contributed by atoms with Crippen molar-refractivity contribution in [2.75, 3.05) is 4.90 Å². The van der Waals surface area contributed by atoms with Crippen molar-refractivity contribution in [3.8, 4) is 28.6 Å². The molecule has 13 rings (SSSR count). The Morgan fingerprint density at radius 3 is 1.42 bits per heavy atom. The van der Waals surface area contributed by atoms with Gasteiger partial charge in [0.25, 0.3) is 0 Å². The minimum absolute atomic E-state index is 0.605. The third-order valence-corrected chi connectivity index (χ3v) is 12.9. The molecule has 0 atom stereocenters. The Kier molecular flexibility index (Phi) is 8.29. The van der Waals surface area contributed by atoms with Gasteiger partial charge in [0.1, 0.15) is 11.6 Å². The third-order valence-electron chi connectivity index (χ3n) is 12.9. The highest BCUT2D eigenvalue weighted by atomic mass is 15.2. The highest BCUT2D eigenvalue weighted by molar-refractivity contribution is 6.12. The topological polar surface area (TPSA) is 56.7 Å². The molecule has 5 aromatic heterocycles. The molecule has 8 aromatic carbocycles. The third kappa shape index (κ3) is 5.79. The quantitative estimate of drug-likeness (QED) is 0.160. The van der Waals surface area contributed by atoms with Gasteiger partial charge in [0.2, 0.25) is 0 Å². The predicted octanol–water partition coefficient (Wildman–Crippen LogP) is 14.6. The lowest BCUT2D eigenvalue weighted by molar-refractivity contribution is 1.03. The van der Waals surface area contributed by atoms with Crippen molar-refractivity contribution in [3.05, 3.63) is 224 Å². The minimum atomic E-state index is 0.605. The van der Waals surface area contributed by atoms with Crippen LogP contribution in [0.15, 0.2) is 219 Å². The van der Waals surface area contributed by atoms with Gasteiger partial charge in [0.05, 0.1) is 38.8 Å². The Morgan fingerprint density at radius 2 is 0.846 bits per heavy atom. The van der Waals surface area contributed by atoms with Crippen molar-refractivity contribution < 1.29 is 0 Å². The van der Waals surface area contributed by atoms with Gasteiger partial charge in [-0.2, -0.15) is 0 Å². The molecule has 7 nitrogen and oxygen atoms in total. The number of benzene rings is 8. The molecule has 0 aliphatic rings. The van der Waals surface area contributed by atoms with Gasteiger partial charge in [-0.1, -0.05) is 109 Å². The highest BCUT2D eigenvalue weighted by Gasteiger charge is 2.23. The number of anilines is 3. The first-order chi connectivity index (χ1) is 32.2. The number of aromatic nitrogens is 6. The first-order valence-electron chi connectivity index (χ1n) is 21.9. The van der Waals surface area contributed by atoms with Crippen molar-refractivity contribution in [1.29, 1.82) is 0 Å². The number of fused-ring (bicyclic) bond motifs is 9. The number of rotatable bonds is 7. The van der Waals surface area contributed by atoms with Crippen molar-refractivity contribution >= 4 is 82.6 Å². The standard InChI is InChI=1S/C58H39N7/c1-38-14-2-8-20-49(38)64(41-28-26-40(27-29-41)62-50-21-9-3-15-43(50)44-16-4-10-22-51(44)62)56-37-57(61-58(60-56)39-32-34-59-35-33-39)65-54-25-13-7-19-47(54)48-36-42(30-31-55(48)65)63-52-23-11-5-17-45(52)46-18-6-12-24-53(46)63/h2-37H,1H3. The van der Waals surface area contributed by atoms with Crippen molar-refractivity contribution in [3.63, 3.8) is 0 Å². The van der Waals surface area contributed by atoms with Crippen LogP contribution < -0.4 is 4.90 Å². The van der Waals surface area contributed by atoms with Crippen LogP contribution >= 0.6 is 0 Å². The van der Waals surface area contributed by atoms with Gasteiger partial charge in [0.15, 0.2) is 5.82 Å². The molecule has 0 bridgehead atoms. The van der Waals surface area contributed by atoms with Gasteiger partial charge in [-0.15, -0.1) is 0 Å². The number of pyridine rings is 1. The molecule has 0 unspecified atom stereocenters.